The van der Waals surface area contributed by atoms with Gasteiger partial charge in [0.15, 0.2) is 4.34 Å². The zero-order valence-electron chi connectivity index (χ0n) is 18.4. The van der Waals surface area contributed by atoms with E-state index in [9.17, 15) is 0 Å². The lowest BCUT2D eigenvalue weighted by molar-refractivity contribution is 0.340. The first-order chi connectivity index (χ1) is 16.1. The molecule has 33 heavy (non-hydrogen) atoms. The molecule has 170 valence electrons. The summed E-state index contributed by atoms with van der Waals surface area (Å²) in [4.78, 5) is 13.6. The number of aromatic nitrogens is 5. The van der Waals surface area contributed by atoms with Crippen LogP contribution < -0.4 is 20.1 Å². The van der Waals surface area contributed by atoms with Gasteiger partial charge in [0.25, 0.3) is 0 Å². The number of hydrogen-bond donors (Lipinski definition) is 2. The maximum Gasteiger partial charge on any atom is 0.233 e. The van der Waals surface area contributed by atoms with E-state index in [1.807, 2.05) is 69.3 Å². The minimum Gasteiger partial charge on any atom is -0.494 e. The molecular weight excluding hydrogens is 458 g/mol. The van der Waals surface area contributed by atoms with Crippen molar-refractivity contribution in [3.8, 4) is 11.5 Å². The van der Waals surface area contributed by atoms with E-state index in [1.165, 1.54) is 23.1 Å². The third-order valence-electron chi connectivity index (χ3n) is 4.14. The minimum absolute atomic E-state index is 0.409. The molecule has 4 rings (SSSR count). The quantitative estimate of drug-likeness (QED) is 0.303. The molecule has 4 aromatic rings. The molecule has 0 aliphatic rings. The summed E-state index contributed by atoms with van der Waals surface area (Å²) < 4.78 is 11.8. The fourth-order valence-corrected chi connectivity index (χ4v) is 4.44. The van der Waals surface area contributed by atoms with Crippen molar-refractivity contribution >= 4 is 46.4 Å². The lowest BCUT2D eigenvalue weighted by Gasteiger charge is -2.11. The number of rotatable bonds is 10. The van der Waals surface area contributed by atoms with Crippen molar-refractivity contribution in [1.29, 1.82) is 0 Å². The Balaban J connectivity index is 1.58. The van der Waals surface area contributed by atoms with Crippen LogP contribution in [0, 0.1) is 6.92 Å². The molecule has 0 amide bonds. The number of aryl methyl sites for hydroxylation is 1. The van der Waals surface area contributed by atoms with E-state index in [0.29, 0.717) is 30.3 Å². The van der Waals surface area contributed by atoms with Crippen LogP contribution in [-0.2, 0) is 0 Å². The first kappa shape index (κ1) is 22.7. The van der Waals surface area contributed by atoms with E-state index in [-0.39, 0.29) is 0 Å². The van der Waals surface area contributed by atoms with Crippen molar-refractivity contribution in [2.75, 3.05) is 23.8 Å². The predicted octanol–water partition coefficient (Wildman–Crippen LogP) is 5.47. The van der Waals surface area contributed by atoms with E-state index in [1.54, 1.807) is 0 Å². The average Bonchev–Trinajstić information content (AvgIpc) is 3.21. The van der Waals surface area contributed by atoms with E-state index in [2.05, 4.69) is 35.8 Å². The lowest BCUT2D eigenvalue weighted by Crippen LogP contribution is -2.05. The summed E-state index contributed by atoms with van der Waals surface area (Å²) in [7, 11) is 0. The van der Waals surface area contributed by atoms with Crippen LogP contribution in [0.3, 0.4) is 0 Å². The fourth-order valence-electron chi connectivity index (χ4n) is 2.77. The predicted molar refractivity (Wildman–Crippen MR) is 130 cm³/mol. The largest absolute Gasteiger partial charge is 0.494 e. The molecule has 2 N–H and O–H groups in total. The highest BCUT2D eigenvalue weighted by atomic mass is 32.2. The van der Waals surface area contributed by atoms with Gasteiger partial charge in [-0.1, -0.05) is 11.3 Å². The molecule has 0 unspecified atom stereocenters. The molecule has 0 fully saturated rings. The molecule has 2 aromatic carbocycles. The molecule has 0 saturated heterocycles. The number of nitrogens with one attached hydrogen (secondary N) is 2. The molecule has 0 saturated carbocycles. The van der Waals surface area contributed by atoms with Gasteiger partial charge in [-0.2, -0.15) is 15.0 Å². The van der Waals surface area contributed by atoms with Crippen LogP contribution in [0.1, 0.15) is 18.9 Å². The van der Waals surface area contributed by atoms with Crippen LogP contribution in [0.25, 0.3) is 0 Å². The molecule has 0 atom stereocenters. The highest BCUT2D eigenvalue weighted by molar-refractivity contribution is 8.00. The van der Waals surface area contributed by atoms with Crippen molar-refractivity contribution < 1.29 is 9.47 Å². The van der Waals surface area contributed by atoms with E-state index in [0.717, 1.165) is 32.2 Å². The van der Waals surface area contributed by atoms with E-state index in [4.69, 9.17) is 9.47 Å². The second kappa shape index (κ2) is 10.9. The molecular formula is C22H23N7O2S2. The fraction of sp³-hybridized carbons (Fsp3) is 0.227. The Labute approximate surface area is 200 Å². The second-order valence-electron chi connectivity index (χ2n) is 6.62. The maximum atomic E-state index is 5.50. The Morgan fingerprint density at radius 2 is 1.27 bits per heavy atom. The number of hydrogen-bond acceptors (Lipinski definition) is 11. The monoisotopic (exact) mass is 481 g/mol. The van der Waals surface area contributed by atoms with Crippen molar-refractivity contribution in [2.24, 2.45) is 0 Å². The zero-order valence-corrected chi connectivity index (χ0v) is 20.0. The third-order valence-corrected chi connectivity index (χ3v) is 5.90. The van der Waals surface area contributed by atoms with Gasteiger partial charge >= 0.3 is 0 Å². The van der Waals surface area contributed by atoms with Crippen molar-refractivity contribution in [1.82, 2.24) is 25.1 Å². The summed E-state index contributed by atoms with van der Waals surface area (Å²) >= 11 is 2.83. The number of anilines is 4. The lowest BCUT2D eigenvalue weighted by atomic mass is 10.3. The van der Waals surface area contributed by atoms with Gasteiger partial charge in [-0.15, -0.1) is 10.2 Å². The van der Waals surface area contributed by atoms with Gasteiger partial charge in [0.05, 0.1) is 13.2 Å². The Kier molecular flexibility index (Phi) is 7.53. The minimum atomic E-state index is 0.409. The van der Waals surface area contributed by atoms with Crippen LogP contribution in [0.4, 0.5) is 23.3 Å². The highest BCUT2D eigenvalue weighted by Gasteiger charge is 2.12. The first-order valence-electron chi connectivity index (χ1n) is 10.3. The molecule has 0 spiro atoms. The van der Waals surface area contributed by atoms with Crippen LogP contribution in [0.2, 0.25) is 0 Å². The van der Waals surface area contributed by atoms with Crippen molar-refractivity contribution in [3.05, 3.63) is 53.5 Å². The highest BCUT2D eigenvalue weighted by Crippen LogP contribution is 2.30. The molecule has 0 bridgehead atoms. The molecule has 0 radical (unpaired) electrons. The first-order valence-corrected chi connectivity index (χ1v) is 12.0. The topological polar surface area (TPSA) is 107 Å². The maximum absolute atomic E-state index is 5.50. The molecule has 2 aromatic heterocycles. The summed E-state index contributed by atoms with van der Waals surface area (Å²) in [5, 5.41) is 16.1. The number of benzene rings is 2. The standard InChI is InChI=1S/C22H23N7O2S2/c1-4-30-17-10-6-15(7-11-17)23-19-25-20(24-16-8-12-18(13-9-16)31-5-2)27-21(26-19)33-22-29-28-14(3)32-22/h6-13H,4-5H2,1-3H3,(H2,23,24,25,26,27). The third kappa shape index (κ3) is 6.53. The van der Waals surface area contributed by atoms with Gasteiger partial charge in [0, 0.05) is 11.4 Å². The summed E-state index contributed by atoms with van der Waals surface area (Å²) in [5.74, 6) is 2.43. The van der Waals surface area contributed by atoms with Gasteiger partial charge in [-0.3, -0.25) is 0 Å². The van der Waals surface area contributed by atoms with Crippen LogP contribution in [0.5, 0.6) is 11.5 Å². The van der Waals surface area contributed by atoms with Crippen molar-refractivity contribution in [2.45, 2.75) is 30.3 Å². The molecule has 9 nitrogen and oxygen atoms in total. The summed E-state index contributed by atoms with van der Waals surface area (Å²) in [6, 6.07) is 15.2. The zero-order chi connectivity index (χ0) is 23.0. The van der Waals surface area contributed by atoms with Crippen LogP contribution in [-0.4, -0.2) is 38.4 Å². The Hall–Kier alpha value is -3.44. The van der Waals surface area contributed by atoms with E-state index >= 15 is 0 Å². The Bertz CT molecular complexity index is 1110. The van der Waals surface area contributed by atoms with Gasteiger partial charge in [-0.05, 0) is 81.1 Å². The molecule has 11 heteroatoms. The normalized spacial score (nSPS) is 10.6. The van der Waals surface area contributed by atoms with Gasteiger partial charge < -0.3 is 20.1 Å². The second-order valence-corrected chi connectivity index (χ2v) is 9.02. The summed E-state index contributed by atoms with van der Waals surface area (Å²) in [5.41, 5.74) is 1.67. The Morgan fingerprint density at radius 3 is 1.70 bits per heavy atom. The van der Waals surface area contributed by atoms with Crippen molar-refractivity contribution in [3.63, 3.8) is 0 Å². The molecule has 0 aliphatic heterocycles. The van der Waals surface area contributed by atoms with Crippen LogP contribution >= 0.6 is 23.1 Å². The number of ether oxygens (including phenoxy) is 2. The summed E-state index contributed by atoms with van der Waals surface area (Å²) in [6.45, 7) is 7.05. The molecule has 2 heterocycles. The average molecular weight is 482 g/mol. The van der Waals surface area contributed by atoms with E-state index < -0.39 is 0 Å². The summed E-state index contributed by atoms with van der Waals surface area (Å²) in [6.07, 6.45) is 0. The smallest absolute Gasteiger partial charge is 0.233 e. The SMILES string of the molecule is CCOc1ccc(Nc2nc(Nc3ccc(OCC)cc3)nc(Sc3nnc(C)s3)n2)cc1. The van der Waals surface area contributed by atoms with Gasteiger partial charge in [-0.25, -0.2) is 0 Å². The van der Waals surface area contributed by atoms with Gasteiger partial charge in [0.1, 0.15) is 16.5 Å². The van der Waals surface area contributed by atoms with Gasteiger partial charge in [0.2, 0.25) is 17.1 Å². The Morgan fingerprint density at radius 1 is 0.758 bits per heavy atom. The van der Waals surface area contributed by atoms with Crippen LogP contribution in [0.15, 0.2) is 58.0 Å². The molecule has 0 aliphatic carbocycles. The number of nitrogens with zero attached hydrogens (tertiary/aromatic N) is 5.